The lowest BCUT2D eigenvalue weighted by molar-refractivity contribution is 0.0535. The number of aliphatic hydroxyl groups is 2. The van der Waals surface area contributed by atoms with Crippen molar-refractivity contribution < 1.29 is 24.1 Å². The van der Waals surface area contributed by atoms with Gasteiger partial charge in [0.25, 0.3) is 0 Å². The molecule has 0 radical (unpaired) electrons. The number of carbonyl (C=O) groups excluding carboxylic acids is 1. The first-order valence-electron chi connectivity index (χ1n) is 9.37. The number of rotatable bonds is 8. The summed E-state index contributed by atoms with van der Waals surface area (Å²) < 4.78 is 19.6. The Hall–Kier alpha value is -2.64. The fourth-order valence-electron chi connectivity index (χ4n) is 2.86. The number of aryl methyl sites for hydroxylation is 1. The van der Waals surface area contributed by atoms with Crippen LogP contribution in [0.5, 0.6) is 5.75 Å². The Labute approximate surface area is 189 Å². The van der Waals surface area contributed by atoms with Crippen molar-refractivity contribution in [3.8, 4) is 5.75 Å². The number of nitrogens with one attached hydrogen (secondary N) is 1. The van der Waals surface area contributed by atoms with Crippen molar-refractivity contribution in [3.63, 3.8) is 0 Å². The van der Waals surface area contributed by atoms with Crippen LogP contribution in [-0.2, 0) is 0 Å². The van der Waals surface area contributed by atoms with E-state index in [9.17, 15) is 14.3 Å². The highest BCUT2D eigenvalue weighted by molar-refractivity contribution is 6.35. The zero-order valence-corrected chi connectivity index (χ0v) is 18.0. The summed E-state index contributed by atoms with van der Waals surface area (Å²) in [5, 5.41) is 22.2. The van der Waals surface area contributed by atoms with Crippen LogP contribution in [0.25, 0.3) is 0 Å². The van der Waals surface area contributed by atoms with Gasteiger partial charge >= 0.3 is 0 Å². The van der Waals surface area contributed by atoms with Crippen LogP contribution in [0.4, 0.5) is 15.8 Å². The molecule has 3 N–H and O–H groups in total. The first kappa shape index (κ1) is 23.0. The number of anilines is 2. The minimum Gasteiger partial charge on any atom is -0.491 e. The second-order valence-corrected chi connectivity index (χ2v) is 7.74. The van der Waals surface area contributed by atoms with Crippen LogP contribution < -0.4 is 10.1 Å². The van der Waals surface area contributed by atoms with E-state index < -0.39 is 24.3 Å². The second kappa shape index (κ2) is 10.1. The molecule has 1 atom stereocenters. The summed E-state index contributed by atoms with van der Waals surface area (Å²) in [4.78, 5) is 12.9. The van der Waals surface area contributed by atoms with E-state index in [1.165, 1.54) is 18.2 Å². The van der Waals surface area contributed by atoms with Crippen molar-refractivity contribution in [3.05, 3.63) is 87.2 Å². The van der Waals surface area contributed by atoms with Crippen molar-refractivity contribution >= 4 is 40.4 Å². The average Bonchev–Trinajstić information content (AvgIpc) is 2.74. The topological polar surface area (TPSA) is 78.8 Å². The third-order valence-electron chi connectivity index (χ3n) is 4.52. The molecule has 0 saturated carbocycles. The number of ether oxygens (including phenoxy) is 1. The molecular formula is C23H20Cl2FNO4. The third kappa shape index (κ3) is 5.74. The molecule has 3 aromatic rings. The molecule has 3 rings (SSSR count). The smallest absolute Gasteiger partial charge is 0.197 e. The van der Waals surface area contributed by atoms with Gasteiger partial charge < -0.3 is 20.3 Å². The lowest BCUT2D eigenvalue weighted by Gasteiger charge is -2.13. The molecule has 0 amide bonds. The monoisotopic (exact) mass is 463 g/mol. The van der Waals surface area contributed by atoms with Crippen LogP contribution in [0.3, 0.4) is 0 Å². The quantitative estimate of drug-likeness (QED) is 0.402. The van der Waals surface area contributed by atoms with Crippen LogP contribution in [0.2, 0.25) is 10.0 Å². The van der Waals surface area contributed by atoms with Crippen LogP contribution >= 0.6 is 23.2 Å². The Balaban J connectivity index is 1.82. The van der Waals surface area contributed by atoms with E-state index in [0.29, 0.717) is 10.7 Å². The Morgan fingerprint density at radius 3 is 2.55 bits per heavy atom. The van der Waals surface area contributed by atoms with E-state index in [1.54, 1.807) is 18.2 Å². The number of ketones is 1. The summed E-state index contributed by atoms with van der Waals surface area (Å²) in [5.41, 5.74) is 2.34. The first-order chi connectivity index (χ1) is 14.8. The van der Waals surface area contributed by atoms with E-state index in [2.05, 4.69) is 5.32 Å². The van der Waals surface area contributed by atoms with Gasteiger partial charge in [0.2, 0.25) is 0 Å². The maximum absolute atomic E-state index is 14.3. The molecule has 162 valence electrons. The molecule has 1 unspecified atom stereocenters. The highest BCUT2D eigenvalue weighted by atomic mass is 35.5. The number of aliphatic hydroxyl groups excluding tert-OH is 2. The van der Waals surface area contributed by atoms with Crippen LogP contribution in [0, 0.1) is 12.7 Å². The van der Waals surface area contributed by atoms with E-state index >= 15 is 0 Å². The lowest BCUT2D eigenvalue weighted by atomic mass is 10.0. The third-order valence-corrected chi connectivity index (χ3v) is 5.06. The fraction of sp³-hybridized carbons (Fsp3) is 0.174. The molecule has 5 nitrogen and oxygen atoms in total. The Bertz CT molecular complexity index is 1110. The molecule has 8 heteroatoms. The Morgan fingerprint density at radius 1 is 1.10 bits per heavy atom. The molecule has 0 bridgehead atoms. The molecule has 0 aliphatic rings. The van der Waals surface area contributed by atoms with E-state index in [0.717, 1.165) is 17.3 Å². The molecule has 0 fully saturated rings. The van der Waals surface area contributed by atoms with Gasteiger partial charge in [-0.05, 0) is 67.1 Å². The maximum atomic E-state index is 14.3. The van der Waals surface area contributed by atoms with Gasteiger partial charge in [-0.25, -0.2) is 4.39 Å². The molecular weight excluding hydrogens is 444 g/mol. The van der Waals surface area contributed by atoms with Gasteiger partial charge in [0.1, 0.15) is 24.3 Å². The van der Waals surface area contributed by atoms with E-state index in [-0.39, 0.29) is 28.5 Å². The fourth-order valence-corrected chi connectivity index (χ4v) is 3.35. The summed E-state index contributed by atoms with van der Waals surface area (Å²) in [6, 6.07) is 13.8. The summed E-state index contributed by atoms with van der Waals surface area (Å²) in [5.74, 6) is -1.15. The maximum Gasteiger partial charge on any atom is 0.197 e. The Morgan fingerprint density at radius 2 is 1.87 bits per heavy atom. The molecule has 3 aromatic carbocycles. The van der Waals surface area contributed by atoms with Gasteiger partial charge in [-0.3, -0.25) is 4.79 Å². The molecule has 0 heterocycles. The van der Waals surface area contributed by atoms with E-state index in [1.807, 2.05) is 19.1 Å². The number of carbonyl (C=O) groups is 1. The van der Waals surface area contributed by atoms with Crippen molar-refractivity contribution in [2.75, 3.05) is 18.5 Å². The van der Waals surface area contributed by atoms with Crippen LogP contribution in [-0.4, -0.2) is 35.3 Å². The SMILES string of the molecule is Cc1cc(Cl)ccc1Nc1ccc(C(=O)c2cc(OCC(O)CO)ccc2F)c(Cl)c1. The van der Waals surface area contributed by atoms with Crippen molar-refractivity contribution in [1.82, 2.24) is 0 Å². The summed E-state index contributed by atoms with van der Waals surface area (Å²) >= 11 is 12.3. The molecule has 0 aliphatic heterocycles. The average molecular weight is 464 g/mol. The van der Waals surface area contributed by atoms with Crippen molar-refractivity contribution in [1.29, 1.82) is 0 Å². The van der Waals surface area contributed by atoms with Crippen LogP contribution in [0.1, 0.15) is 21.5 Å². The largest absolute Gasteiger partial charge is 0.491 e. The second-order valence-electron chi connectivity index (χ2n) is 6.90. The van der Waals surface area contributed by atoms with Gasteiger partial charge in [-0.1, -0.05) is 23.2 Å². The number of hydrogen-bond donors (Lipinski definition) is 3. The lowest BCUT2D eigenvalue weighted by Crippen LogP contribution is -2.21. The molecule has 0 spiro atoms. The first-order valence-corrected chi connectivity index (χ1v) is 10.1. The van der Waals surface area contributed by atoms with E-state index in [4.69, 9.17) is 33.0 Å². The molecule has 0 aromatic heterocycles. The highest BCUT2D eigenvalue weighted by Crippen LogP contribution is 2.29. The molecule has 31 heavy (non-hydrogen) atoms. The van der Waals surface area contributed by atoms with Crippen LogP contribution in [0.15, 0.2) is 54.6 Å². The van der Waals surface area contributed by atoms with Gasteiger partial charge in [-0.15, -0.1) is 0 Å². The zero-order chi connectivity index (χ0) is 22.5. The minimum atomic E-state index is -1.08. The van der Waals surface area contributed by atoms with Gasteiger partial charge in [-0.2, -0.15) is 0 Å². The summed E-state index contributed by atoms with van der Waals surface area (Å²) in [7, 11) is 0. The summed E-state index contributed by atoms with van der Waals surface area (Å²) in [6.07, 6.45) is -1.08. The highest BCUT2D eigenvalue weighted by Gasteiger charge is 2.19. The van der Waals surface area contributed by atoms with Gasteiger partial charge in [0, 0.05) is 22.0 Å². The van der Waals surface area contributed by atoms with Gasteiger partial charge in [0.15, 0.2) is 5.78 Å². The number of hydrogen-bond acceptors (Lipinski definition) is 5. The molecule has 0 aliphatic carbocycles. The summed E-state index contributed by atoms with van der Waals surface area (Å²) in [6.45, 7) is 1.24. The normalized spacial score (nSPS) is 11.8. The Kier molecular flexibility index (Phi) is 7.51. The van der Waals surface area contributed by atoms with Gasteiger partial charge in [0.05, 0.1) is 17.2 Å². The van der Waals surface area contributed by atoms with Crippen molar-refractivity contribution in [2.24, 2.45) is 0 Å². The predicted molar refractivity (Wildman–Crippen MR) is 119 cm³/mol. The number of halogens is 3. The predicted octanol–water partition coefficient (Wildman–Crippen LogP) is 5.15. The standard InChI is InChI=1S/C23H20Cl2FNO4/c1-13-8-14(24)2-7-22(13)27-15-3-5-18(20(25)9-15)23(30)19-10-17(4-6-21(19)26)31-12-16(29)11-28/h2-10,16,27-29H,11-12H2,1H3. The number of benzene rings is 3. The molecule has 0 saturated heterocycles. The minimum absolute atomic E-state index is 0.131. The zero-order valence-electron chi connectivity index (χ0n) is 16.5. The van der Waals surface area contributed by atoms with Crippen molar-refractivity contribution in [2.45, 2.75) is 13.0 Å².